The van der Waals surface area contributed by atoms with Crippen LogP contribution in [0.25, 0.3) is 0 Å². The first-order valence-corrected chi connectivity index (χ1v) is 4.25. The molecule has 0 aliphatic heterocycles. The minimum Gasteiger partial charge on any atom is -0.478 e. The molecule has 0 aromatic rings. The molecule has 3 amide bonds. The van der Waals surface area contributed by atoms with Crippen molar-refractivity contribution in [1.82, 2.24) is 10.6 Å². The number of hydrogen-bond acceptors (Lipinski definition) is 3. The van der Waals surface area contributed by atoms with Crippen molar-refractivity contribution in [3.63, 3.8) is 0 Å². The smallest absolute Gasteiger partial charge is 0.328 e. The number of carboxylic acid groups (broad SMARTS) is 1. The molecule has 0 unspecified atom stereocenters. The fraction of sp³-hybridized carbons (Fsp3) is 0.444. The number of rotatable bonds is 2. The zero-order chi connectivity index (χ0) is 12.1. The first-order chi connectivity index (χ1) is 6.70. The SMILES string of the molecule is CC(C)(C)NC(=O)NC(=O)/C=C/C(=O)O. The Morgan fingerprint density at radius 3 is 2.07 bits per heavy atom. The predicted octanol–water partition coefficient (Wildman–Crippen LogP) is 0.251. The van der Waals surface area contributed by atoms with Crippen LogP contribution in [0.15, 0.2) is 12.2 Å². The molecular formula is C9H14N2O4. The molecule has 0 aliphatic carbocycles. The maximum absolute atomic E-state index is 11.1. The maximum atomic E-state index is 11.1. The predicted molar refractivity (Wildman–Crippen MR) is 53.2 cm³/mol. The molecule has 0 fully saturated rings. The molecule has 0 rings (SSSR count). The van der Waals surface area contributed by atoms with Gasteiger partial charge in [-0.2, -0.15) is 0 Å². The lowest BCUT2D eigenvalue weighted by Gasteiger charge is -2.19. The van der Waals surface area contributed by atoms with E-state index in [4.69, 9.17) is 5.11 Å². The number of nitrogens with one attached hydrogen (secondary N) is 2. The highest BCUT2D eigenvalue weighted by atomic mass is 16.4. The summed E-state index contributed by atoms with van der Waals surface area (Å²) >= 11 is 0. The van der Waals surface area contributed by atoms with E-state index in [1.807, 2.05) is 5.32 Å². The van der Waals surface area contributed by atoms with Crippen LogP contribution < -0.4 is 10.6 Å². The Kier molecular flexibility index (Phi) is 4.50. The van der Waals surface area contributed by atoms with Gasteiger partial charge >= 0.3 is 12.0 Å². The number of carbonyl (C=O) groups excluding carboxylic acids is 2. The molecule has 0 saturated heterocycles. The molecule has 0 spiro atoms. The average Bonchev–Trinajstić information content (AvgIpc) is 1.96. The molecule has 0 atom stereocenters. The average molecular weight is 214 g/mol. The van der Waals surface area contributed by atoms with Gasteiger partial charge < -0.3 is 10.4 Å². The van der Waals surface area contributed by atoms with E-state index in [1.54, 1.807) is 20.8 Å². The quantitative estimate of drug-likeness (QED) is 0.574. The van der Waals surface area contributed by atoms with E-state index in [9.17, 15) is 14.4 Å². The van der Waals surface area contributed by atoms with Gasteiger partial charge in [0.15, 0.2) is 0 Å². The van der Waals surface area contributed by atoms with E-state index in [1.165, 1.54) is 0 Å². The fourth-order valence-electron chi connectivity index (χ4n) is 0.672. The number of urea groups is 1. The van der Waals surface area contributed by atoms with Crippen LogP contribution in [0, 0.1) is 0 Å². The third-order valence-corrected chi connectivity index (χ3v) is 1.10. The van der Waals surface area contributed by atoms with Gasteiger partial charge in [0.2, 0.25) is 0 Å². The third-order valence-electron chi connectivity index (χ3n) is 1.10. The second kappa shape index (κ2) is 5.14. The summed E-state index contributed by atoms with van der Waals surface area (Å²) in [5, 5.41) is 12.7. The van der Waals surface area contributed by atoms with Crippen LogP contribution in [0.2, 0.25) is 0 Å². The summed E-state index contributed by atoms with van der Waals surface area (Å²) in [6, 6.07) is -0.664. The summed E-state index contributed by atoms with van der Waals surface area (Å²) in [6.07, 6.45) is 1.42. The summed E-state index contributed by atoms with van der Waals surface area (Å²) in [5.74, 6) is -2.03. The Bertz CT molecular complexity index is 302. The number of imide groups is 1. The fourth-order valence-corrected chi connectivity index (χ4v) is 0.672. The zero-order valence-corrected chi connectivity index (χ0v) is 8.83. The highest BCUT2D eigenvalue weighted by Gasteiger charge is 2.14. The minimum absolute atomic E-state index is 0.457. The minimum atomic E-state index is -1.25. The molecule has 84 valence electrons. The zero-order valence-electron chi connectivity index (χ0n) is 8.83. The van der Waals surface area contributed by atoms with Crippen LogP contribution in [0.1, 0.15) is 20.8 Å². The van der Waals surface area contributed by atoms with Crippen LogP contribution >= 0.6 is 0 Å². The second-order valence-corrected chi connectivity index (χ2v) is 3.86. The first-order valence-electron chi connectivity index (χ1n) is 4.25. The Morgan fingerprint density at radius 2 is 1.67 bits per heavy atom. The maximum Gasteiger partial charge on any atom is 0.328 e. The van der Waals surface area contributed by atoms with Gasteiger partial charge in [0.1, 0.15) is 0 Å². The van der Waals surface area contributed by atoms with Gasteiger partial charge in [-0.05, 0) is 20.8 Å². The normalized spacial score (nSPS) is 11.1. The number of aliphatic carboxylic acids is 1. The molecule has 6 nitrogen and oxygen atoms in total. The lowest BCUT2D eigenvalue weighted by atomic mass is 10.1. The molecule has 0 radical (unpaired) electrons. The van der Waals surface area contributed by atoms with Crippen LogP contribution in [0.3, 0.4) is 0 Å². The van der Waals surface area contributed by atoms with Crippen molar-refractivity contribution in [2.24, 2.45) is 0 Å². The molecular weight excluding hydrogens is 200 g/mol. The van der Waals surface area contributed by atoms with E-state index in [0.717, 1.165) is 6.08 Å². The first kappa shape index (κ1) is 13.2. The van der Waals surface area contributed by atoms with Crippen molar-refractivity contribution in [1.29, 1.82) is 0 Å². The largest absolute Gasteiger partial charge is 0.478 e. The number of hydrogen-bond donors (Lipinski definition) is 3. The van der Waals surface area contributed by atoms with Crippen molar-refractivity contribution >= 4 is 17.9 Å². The van der Waals surface area contributed by atoms with Crippen LogP contribution in [-0.4, -0.2) is 28.6 Å². The topological polar surface area (TPSA) is 95.5 Å². The summed E-state index contributed by atoms with van der Waals surface area (Å²) < 4.78 is 0. The van der Waals surface area contributed by atoms with Gasteiger partial charge in [0, 0.05) is 17.7 Å². The number of amides is 3. The van der Waals surface area contributed by atoms with Crippen molar-refractivity contribution in [2.45, 2.75) is 26.3 Å². The molecule has 15 heavy (non-hydrogen) atoms. The van der Waals surface area contributed by atoms with Gasteiger partial charge in [-0.15, -0.1) is 0 Å². The van der Waals surface area contributed by atoms with Crippen molar-refractivity contribution in [3.05, 3.63) is 12.2 Å². The molecule has 0 heterocycles. The van der Waals surface area contributed by atoms with Crippen molar-refractivity contribution in [2.75, 3.05) is 0 Å². The van der Waals surface area contributed by atoms with E-state index in [2.05, 4.69) is 5.32 Å². The molecule has 0 aromatic heterocycles. The van der Waals surface area contributed by atoms with Crippen molar-refractivity contribution < 1.29 is 19.5 Å². The summed E-state index contributed by atoms with van der Waals surface area (Å²) in [5.41, 5.74) is -0.457. The molecule has 3 N–H and O–H groups in total. The van der Waals surface area contributed by atoms with Gasteiger partial charge in [-0.3, -0.25) is 10.1 Å². The highest BCUT2D eigenvalue weighted by molar-refractivity contribution is 6.02. The van der Waals surface area contributed by atoms with E-state index in [-0.39, 0.29) is 0 Å². The van der Waals surface area contributed by atoms with E-state index >= 15 is 0 Å². The number of carbonyl (C=O) groups is 3. The Balaban J connectivity index is 4.09. The molecule has 0 aliphatic rings. The van der Waals surface area contributed by atoms with Gasteiger partial charge in [-0.25, -0.2) is 9.59 Å². The monoisotopic (exact) mass is 214 g/mol. The van der Waals surface area contributed by atoms with E-state index in [0.29, 0.717) is 6.08 Å². The molecule has 0 saturated carbocycles. The van der Waals surface area contributed by atoms with Gasteiger partial charge in [0.05, 0.1) is 0 Å². The van der Waals surface area contributed by atoms with E-state index < -0.39 is 23.4 Å². The van der Waals surface area contributed by atoms with Crippen LogP contribution in [0.5, 0.6) is 0 Å². The molecule has 0 aromatic carbocycles. The number of carboxylic acids is 1. The standard InChI is InChI=1S/C9H14N2O4/c1-9(2,3)11-8(15)10-6(12)4-5-7(13)14/h4-5H,1-3H3,(H,13,14)(H2,10,11,12,15)/b5-4+. The third kappa shape index (κ3) is 8.48. The van der Waals surface area contributed by atoms with Gasteiger partial charge in [-0.1, -0.05) is 0 Å². The highest BCUT2D eigenvalue weighted by Crippen LogP contribution is 1.97. The Hall–Kier alpha value is -1.85. The Morgan fingerprint density at radius 1 is 1.13 bits per heavy atom. The summed E-state index contributed by atoms with van der Waals surface area (Å²) in [6.45, 7) is 5.26. The molecule has 6 heteroatoms. The molecule has 0 bridgehead atoms. The lowest BCUT2D eigenvalue weighted by molar-refractivity contribution is -0.131. The summed E-state index contributed by atoms with van der Waals surface area (Å²) in [4.78, 5) is 32.1. The second-order valence-electron chi connectivity index (χ2n) is 3.86. The van der Waals surface area contributed by atoms with Gasteiger partial charge in [0.25, 0.3) is 5.91 Å². The Labute approximate surface area is 87.3 Å². The van der Waals surface area contributed by atoms with Crippen LogP contribution in [0.4, 0.5) is 4.79 Å². The lowest BCUT2D eigenvalue weighted by Crippen LogP contribution is -2.47. The summed E-state index contributed by atoms with van der Waals surface area (Å²) in [7, 11) is 0. The van der Waals surface area contributed by atoms with Crippen LogP contribution in [-0.2, 0) is 9.59 Å². The van der Waals surface area contributed by atoms with Crippen molar-refractivity contribution in [3.8, 4) is 0 Å².